The molecule has 94 valence electrons. The predicted octanol–water partition coefficient (Wildman–Crippen LogP) is 1.07. The highest BCUT2D eigenvalue weighted by Crippen LogP contribution is 2.11. The Hall–Kier alpha value is -1.59. The SMILES string of the molecule is CC(NC(=O)N1CCCCC1)c1nncn1C. The maximum atomic E-state index is 12.0. The van der Waals surface area contributed by atoms with Crippen molar-refractivity contribution in [2.75, 3.05) is 13.1 Å². The van der Waals surface area contributed by atoms with E-state index in [1.54, 1.807) is 6.33 Å². The van der Waals surface area contributed by atoms with Crippen molar-refractivity contribution >= 4 is 6.03 Å². The molecular formula is C11H19N5O. The molecule has 0 saturated carbocycles. The molecule has 1 aliphatic rings. The van der Waals surface area contributed by atoms with Crippen molar-refractivity contribution in [3.05, 3.63) is 12.2 Å². The molecule has 0 radical (unpaired) electrons. The topological polar surface area (TPSA) is 63.1 Å². The summed E-state index contributed by atoms with van der Waals surface area (Å²) in [7, 11) is 1.87. The first-order chi connectivity index (χ1) is 8.18. The van der Waals surface area contributed by atoms with Crippen LogP contribution in [-0.2, 0) is 7.05 Å². The normalized spacial score (nSPS) is 17.9. The van der Waals surface area contributed by atoms with Gasteiger partial charge in [0.15, 0.2) is 5.82 Å². The summed E-state index contributed by atoms with van der Waals surface area (Å²) in [4.78, 5) is 13.8. The third-order valence-electron chi connectivity index (χ3n) is 3.12. The average molecular weight is 237 g/mol. The number of hydrogen-bond acceptors (Lipinski definition) is 3. The van der Waals surface area contributed by atoms with Crippen LogP contribution in [-0.4, -0.2) is 38.8 Å². The number of hydrogen-bond donors (Lipinski definition) is 1. The van der Waals surface area contributed by atoms with E-state index in [1.165, 1.54) is 6.42 Å². The van der Waals surface area contributed by atoms with E-state index in [0.717, 1.165) is 31.8 Å². The molecule has 1 fully saturated rings. The number of carbonyl (C=O) groups is 1. The zero-order valence-corrected chi connectivity index (χ0v) is 10.4. The average Bonchev–Trinajstić information content (AvgIpc) is 2.76. The van der Waals surface area contributed by atoms with Crippen molar-refractivity contribution in [3.8, 4) is 0 Å². The van der Waals surface area contributed by atoms with Gasteiger partial charge in [0, 0.05) is 20.1 Å². The summed E-state index contributed by atoms with van der Waals surface area (Å²) in [5, 5.41) is 10.8. The number of amides is 2. The Balaban J connectivity index is 1.92. The van der Waals surface area contributed by atoms with E-state index in [9.17, 15) is 4.79 Å². The van der Waals surface area contributed by atoms with Crippen LogP contribution < -0.4 is 5.32 Å². The Morgan fingerprint density at radius 1 is 1.41 bits per heavy atom. The largest absolute Gasteiger partial charge is 0.328 e. The number of nitrogens with one attached hydrogen (secondary N) is 1. The summed E-state index contributed by atoms with van der Waals surface area (Å²) >= 11 is 0. The van der Waals surface area contributed by atoms with Gasteiger partial charge in [-0.2, -0.15) is 0 Å². The molecule has 0 bridgehead atoms. The molecule has 1 aromatic heterocycles. The number of likely N-dealkylation sites (tertiary alicyclic amines) is 1. The Labute approximate surface area is 101 Å². The number of piperidine rings is 1. The second kappa shape index (κ2) is 5.16. The zero-order chi connectivity index (χ0) is 12.3. The van der Waals surface area contributed by atoms with Crippen LogP contribution in [0.25, 0.3) is 0 Å². The summed E-state index contributed by atoms with van der Waals surface area (Å²) < 4.78 is 1.82. The smallest absolute Gasteiger partial charge is 0.317 e. The van der Waals surface area contributed by atoms with Crippen molar-refractivity contribution in [2.24, 2.45) is 7.05 Å². The van der Waals surface area contributed by atoms with E-state index in [-0.39, 0.29) is 12.1 Å². The molecule has 2 heterocycles. The standard InChI is InChI=1S/C11H19N5O/c1-9(10-14-12-8-15(10)2)13-11(17)16-6-4-3-5-7-16/h8-9H,3-7H2,1-2H3,(H,13,17). The Bertz CT molecular complexity index is 383. The zero-order valence-electron chi connectivity index (χ0n) is 10.4. The minimum absolute atomic E-state index is 0.000185. The summed E-state index contributed by atoms with van der Waals surface area (Å²) in [6.07, 6.45) is 5.07. The maximum absolute atomic E-state index is 12.0. The fourth-order valence-corrected chi connectivity index (χ4v) is 2.12. The molecule has 1 aromatic rings. The van der Waals surface area contributed by atoms with Crippen molar-refractivity contribution < 1.29 is 4.79 Å². The lowest BCUT2D eigenvalue weighted by Crippen LogP contribution is -2.44. The molecular weight excluding hydrogens is 218 g/mol. The number of nitrogens with zero attached hydrogens (tertiary/aromatic N) is 4. The molecule has 6 nitrogen and oxygen atoms in total. The van der Waals surface area contributed by atoms with Crippen LogP contribution >= 0.6 is 0 Å². The van der Waals surface area contributed by atoms with E-state index in [4.69, 9.17) is 0 Å². The highest BCUT2D eigenvalue weighted by molar-refractivity contribution is 5.74. The summed E-state index contributed by atoms with van der Waals surface area (Å²) in [6, 6.07) is -0.114. The molecule has 2 rings (SSSR count). The maximum Gasteiger partial charge on any atom is 0.317 e. The number of aromatic nitrogens is 3. The van der Waals surface area contributed by atoms with Crippen LogP contribution in [0.15, 0.2) is 6.33 Å². The molecule has 2 amide bonds. The Morgan fingerprint density at radius 2 is 2.12 bits per heavy atom. The van der Waals surface area contributed by atoms with Gasteiger partial charge in [-0.05, 0) is 26.2 Å². The number of rotatable bonds is 2. The number of urea groups is 1. The first-order valence-electron chi connectivity index (χ1n) is 6.08. The molecule has 0 aromatic carbocycles. The molecule has 1 aliphatic heterocycles. The molecule has 0 aliphatic carbocycles. The van der Waals surface area contributed by atoms with Crippen LogP contribution in [0.1, 0.15) is 38.1 Å². The third kappa shape index (κ3) is 2.75. The van der Waals surface area contributed by atoms with Crippen LogP contribution in [0.3, 0.4) is 0 Å². The lowest BCUT2D eigenvalue weighted by molar-refractivity contribution is 0.182. The van der Waals surface area contributed by atoms with Crippen LogP contribution in [0.5, 0.6) is 0 Å². The third-order valence-corrected chi connectivity index (χ3v) is 3.12. The van der Waals surface area contributed by atoms with Gasteiger partial charge in [-0.15, -0.1) is 10.2 Å². The van der Waals surface area contributed by atoms with E-state index in [2.05, 4.69) is 15.5 Å². The second-order valence-corrected chi connectivity index (χ2v) is 4.52. The fourth-order valence-electron chi connectivity index (χ4n) is 2.12. The lowest BCUT2D eigenvalue weighted by atomic mass is 10.1. The minimum atomic E-state index is -0.114. The van der Waals surface area contributed by atoms with Gasteiger partial charge in [0.25, 0.3) is 0 Å². The lowest BCUT2D eigenvalue weighted by Gasteiger charge is -2.28. The van der Waals surface area contributed by atoms with Crippen LogP contribution in [0.4, 0.5) is 4.79 Å². The summed E-state index contributed by atoms with van der Waals surface area (Å²) in [5.74, 6) is 0.773. The molecule has 1 unspecified atom stereocenters. The first-order valence-corrected chi connectivity index (χ1v) is 6.08. The second-order valence-electron chi connectivity index (χ2n) is 4.52. The quantitative estimate of drug-likeness (QED) is 0.837. The van der Waals surface area contributed by atoms with Gasteiger partial charge in [0.05, 0.1) is 6.04 Å². The number of carbonyl (C=O) groups excluding carboxylic acids is 1. The molecule has 0 spiro atoms. The highest BCUT2D eigenvalue weighted by atomic mass is 16.2. The van der Waals surface area contributed by atoms with Crippen molar-refractivity contribution in [2.45, 2.75) is 32.2 Å². The van der Waals surface area contributed by atoms with E-state index < -0.39 is 0 Å². The van der Waals surface area contributed by atoms with Gasteiger partial charge in [-0.1, -0.05) is 0 Å². The Kier molecular flexibility index (Phi) is 3.61. The molecule has 17 heavy (non-hydrogen) atoms. The minimum Gasteiger partial charge on any atom is -0.328 e. The predicted molar refractivity (Wildman–Crippen MR) is 63.4 cm³/mol. The molecule has 1 N–H and O–H groups in total. The molecule has 1 saturated heterocycles. The highest BCUT2D eigenvalue weighted by Gasteiger charge is 2.20. The summed E-state index contributed by atoms with van der Waals surface area (Å²) in [5.41, 5.74) is 0. The van der Waals surface area contributed by atoms with Gasteiger partial charge >= 0.3 is 6.03 Å². The van der Waals surface area contributed by atoms with E-state index in [1.807, 2.05) is 23.4 Å². The Morgan fingerprint density at radius 3 is 2.71 bits per heavy atom. The molecule has 1 atom stereocenters. The van der Waals surface area contributed by atoms with Gasteiger partial charge in [-0.25, -0.2) is 4.79 Å². The van der Waals surface area contributed by atoms with Crippen molar-refractivity contribution in [1.82, 2.24) is 25.0 Å². The summed E-state index contributed by atoms with van der Waals surface area (Å²) in [6.45, 7) is 3.64. The fraction of sp³-hybridized carbons (Fsp3) is 0.727. The van der Waals surface area contributed by atoms with Gasteiger partial charge in [0.2, 0.25) is 0 Å². The number of aryl methyl sites for hydroxylation is 1. The monoisotopic (exact) mass is 237 g/mol. The van der Waals surface area contributed by atoms with E-state index >= 15 is 0 Å². The van der Waals surface area contributed by atoms with Crippen molar-refractivity contribution in [3.63, 3.8) is 0 Å². The van der Waals surface area contributed by atoms with Crippen molar-refractivity contribution in [1.29, 1.82) is 0 Å². The first kappa shape index (κ1) is 11.9. The van der Waals surface area contributed by atoms with Crippen LogP contribution in [0.2, 0.25) is 0 Å². The van der Waals surface area contributed by atoms with Crippen LogP contribution in [0, 0.1) is 0 Å². The van der Waals surface area contributed by atoms with E-state index in [0.29, 0.717) is 0 Å². The van der Waals surface area contributed by atoms with Gasteiger partial charge < -0.3 is 14.8 Å². The molecule has 6 heteroatoms. The van der Waals surface area contributed by atoms with Gasteiger partial charge in [-0.3, -0.25) is 0 Å². The van der Waals surface area contributed by atoms with Gasteiger partial charge in [0.1, 0.15) is 6.33 Å².